The van der Waals surface area contributed by atoms with Crippen molar-refractivity contribution in [3.05, 3.63) is 45.9 Å². The van der Waals surface area contributed by atoms with E-state index in [0.29, 0.717) is 28.8 Å². The molecular formula is C16H14BrF2N3O. The predicted molar refractivity (Wildman–Crippen MR) is 90.8 cm³/mol. The van der Waals surface area contributed by atoms with Gasteiger partial charge < -0.3 is 15.1 Å². The van der Waals surface area contributed by atoms with Crippen molar-refractivity contribution < 1.29 is 13.6 Å². The maximum absolute atomic E-state index is 14.9. The quantitative estimate of drug-likeness (QED) is 0.810. The summed E-state index contributed by atoms with van der Waals surface area (Å²) < 4.78 is 29.5. The molecule has 23 heavy (non-hydrogen) atoms. The molecule has 1 aliphatic rings. The average Bonchev–Trinajstić information content (AvgIpc) is 2.78. The summed E-state index contributed by atoms with van der Waals surface area (Å²) in [4.78, 5) is 14.9. The summed E-state index contributed by atoms with van der Waals surface area (Å²) in [6.07, 6.45) is 0.564. The summed E-state index contributed by atoms with van der Waals surface area (Å²) in [5.41, 5.74) is 1.24. The predicted octanol–water partition coefficient (Wildman–Crippen LogP) is 4.13. The van der Waals surface area contributed by atoms with Gasteiger partial charge in [0, 0.05) is 24.1 Å². The van der Waals surface area contributed by atoms with Crippen LogP contribution in [0.5, 0.6) is 0 Å². The molecule has 7 heteroatoms. The van der Waals surface area contributed by atoms with Crippen LogP contribution in [0.25, 0.3) is 0 Å². The maximum atomic E-state index is 14.9. The van der Waals surface area contributed by atoms with Crippen LogP contribution in [-0.4, -0.2) is 27.1 Å². The van der Waals surface area contributed by atoms with Crippen molar-refractivity contribution in [3.63, 3.8) is 0 Å². The van der Waals surface area contributed by atoms with Crippen molar-refractivity contribution >= 4 is 45.0 Å². The lowest BCUT2D eigenvalue weighted by atomic mass is 10.1. The largest absolute Gasteiger partial charge is 0.355 e. The number of aldehydes is 1. The number of benzene rings is 2. The van der Waals surface area contributed by atoms with Gasteiger partial charge in [0.25, 0.3) is 0 Å². The number of hydrogen-bond acceptors (Lipinski definition) is 4. The average molecular weight is 382 g/mol. The van der Waals surface area contributed by atoms with Gasteiger partial charge in [-0.05, 0) is 24.3 Å². The minimum atomic E-state index is -0.571. The topological polar surface area (TPSA) is 35.6 Å². The fraction of sp³-hybridized carbons (Fsp3) is 0.188. The molecule has 0 bridgehead atoms. The third-order valence-corrected chi connectivity index (χ3v) is 4.28. The van der Waals surface area contributed by atoms with E-state index in [2.05, 4.69) is 21.2 Å². The first kappa shape index (κ1) is 15.7. The van der Waals surface area contributed by atoms with E-state index < -0.39 is 11.6 Å². The van der Waals surface area contributed by atoms with Crippen molar-refractivity contribution in [2.45, 2.75) is 0 Å². The minimum Gasteiger partial charge on any atom is -0.355 e. The van der Waals surface area contributed by atoms with E-state index in [1.807, 2.05) is 11.9 Å². The van der Waals surface area contributed by atoms with Gasteiger partial charge >= 0.3 is 0 Å². The van der Waals surface area contributed by atoms with Crippen molar-refractivity contribution in [1.29, 1.82) is 0 Å². The van der Waals surface area contributed by atoms with Crippen LogP contribution < -0.4 is 15.1 Å². The highest BCUT2D eigenvalue weighted by atomic mass is 79.9. The Morgan fingerprint density at radius 3 is 2.61 bits per heavy atom. The highest BCUT2D eigenvalue weighted by molar-refractivity contribution is 9.10. The molecule has 0 saturated carbocycles. The summed E-state index contributed by atoms with van der Waals surface area (Å²) >= 11 is 3.17. The summed E-state index contributed by atoms with van der Waals surface area (Å²) in [5, 5.41) is 2.71. The fourth-order valence-corrected chi connectivity index (χ4v) is 3.04. The van der Waals surface area contributed by atoms with Crippen LogP contribution in [0.15, 0.2) is 28.7 Å². The Morgan fingerprint density at radius 2 is 1.96 bits per heavy atom. The van der Waals surface area contributed by atoms with Gasteiger partial charge in [0.1, 0.15) is 11.5 Å². The van der Waals surface area contributed by atoms with E-state index in [0.717, 1.165) is 0 Å². The van der Waals surface area contributed by atoms with Crippen molar-refractivity contribution in [3.8, 4) is 0 Å². The number of fused-ring (bicyclic) bond motifs is 1. The summed E-state index contributed by atoms with van der Waals surface area (Å²) in [6, 6.07) is 6.00. The standard InChI is InChI=1S/C16H14BrF2N3O/c1-21-8-22(2)16-13(21)5-9(7-23)15(14(16)19)20-12-4-3-10(17)6-11(12)18/h3-7,20H,8H2,1-2H3. The molecule has 0 unspecified atom stereocenters. The third kappa shape index (κ3) is 2.65. The monoisotopic (exact) mass is 381 g/mol. The highest BCUT2D eigenvalue weighted by Crippen LogP contribution is 2.42. The fourth-order valence-electron chi connectivity index (χ4n) is 2.71. The number of rotatable bonds is 3. The minimum absolute atomic E-state index is 0.0258. The van der Waals surface area contributed by atoms with Crippen molar-refractivity contribution in [2.75, 3.05) is 35.9 Å². The van der Waals surface area contributed by atoms with Crippen LogP contribution in [0.3, 0.4) is 0 Å². The number of nitrogens with zero attached hydrogens (tertiary/aromatic N) is 2. The molecule has 120 valence electrons. The molecule has 0 amide bonds. The first-order valence-corrected chi connectivity index (χ1v) is 7.67. The normalized spacial score (nSPS) is 13.3. The van der Waals surface area contributed by atoms with Crippen LogP contribution in [0.2, 0.25) is 0 Å². The van der Waals surface area contributed by atoms with E-state index in [9.17, 15) is 13.6 Å². The number of nitrogens with one attached hydrogen (secondary N) is 1. The smallest absolute Gasteiger partial charge is 0.172 e. The van der Waals surface area contributed by atoms with Gasteiger partial charge in [-0.2, -0.15) is 0 Å². The number of carbonyl (C=O) groups is 1. The first-order chi connectivity index (χ1) is 10.9. The van der Waals surface area contributed by atoms with Crippen molar-refractivity contribution in [1.82, 2.24) is 0 Å². The van der Waals surface area contributed by atoms with Crippen LogP contribution in [-0.2, 0) is 0 Å². The van der Waals surface area contributed by atoms with Gasteiger partial charge in [-0.3, -0.25) is 4.79 Å². The Labute approximate surface area is 140 Å². The third-order valence-electron chi connectivity index (χ3n) is 3.79. The number of halogens is 3. The number of hydrogen-bond donors (Lipinski definition) is 1. The molecule has 3 rings (SSSR count). The van der Waals surface area contributed by atoms with Crippen LogP contribution in [0.4, 0.5) is 31.5 Å². The number of anilines is 4. The van der Waals surface area contributed by atoms with Gasteiger partial charge in [-0.25, -0.2) is 8.78 Å². The lowest BCUT2D eigenvalue weighted by Crippen LogP contribution is -2.24. The molecular weight excluding hydrogens is 368 g/mol. The first-order valence-electron chi connectivity index (χ1n) is 6.88. The summed E-state index contributed by atoms with van der Waals surface area (Å²) in [5.74, 6) is -1.11. The Balaban J connectivity index is 2.12. The Kier molecular flexibility index (Phi) is 3.97. The SMILES string of the molecule is CN1CN(C)c2c1cc(C=O)c(Nc1ccc(Br)cc1F)c2F. The molecule has 4 nitrogen and oxygen atoms in total. The van der Waals surface area contributed by atoms with Crippen LogP contribution >= 0.6 is 15.9 Å². The van der Waals surface area contributed by atoms with Crippen LogP contribution in [0, 0.1) is 11.6 Å². The molecule has 0 fully saturated rings. The molecule has 0 atom stereocenters. The molecule has 0 saturated heterocycles. The van der Waals surface area contributed by atoms with E-state index in [-0.39, 0.29) is 16.9 Å². The second-order valence-electron chi connectivity index (χ2n) is 5.43. The zero-order chi connectivity index (χ0) is 16.7. The van der Waals surface area contributed by atoms with E-state index in [1.54, 1.807) is 24.1 Å². The molecule has 0 radical (unpaired) electrons. The molecule has 2 aromatic carbocycles. The highest BCUT2D eigenvalue weighted by Gasteiger charge is 2.28. The Morgan fingerprint density at radius 1 is 1.22 bits per heavy atom. The van der Waals surface area contributed by atoms with Crippen molar-refractivity contribution in [2.24, 2.45) is 0 Å². The van der Waals surface area contributed by atoms with E-state index >= 15 is 0 Å². The van der Waals surface area contributed by atoms with Gasteiger partial charge in [-0.15, -0.1) is 0 Å². The van der Waals surface area contributed by atoms with E-state index in [1.165, 1.54) is 12.1 Å². The zero-order valence-corrected chi connectivity index (χ0v) is 14.1. The molecule has 1 aliphatic heterocycles. The Hall–Kier alpha value is -2.15. The molecule has 2 aromatic rings. The number of carbonyl (C=O) groups excluding carboxylic acids is 1. The van der Waals surface area contributed by atoms with Crippen LogP contribution in [0.1, 0.15) is 10.4 Å². The second kappa shape index (κ2) is 5.81. The van der Waals surface area contributed by atoms with Gasteiger partial charge in [0.05, 0.1) is 23.7 Å². The van der Waals surface area contributed by atoms with Gasteiger partial charge in [-0.1, -0.05) is 15.9 Å². The summed E-state index contributed by atoms with van der Waals surface area (Å²) in [6.45, 7) is 0.515. The molecule has 0 aliphatic carbocycles. The second-order valence-corrected chi connectivity index (χ2v) is 6.34. The Bertz CT molecular complexity index is 797. The lowest BCUT2D eigenvalue weighted by molar-refractivity contribution is 0.112. The van der Waals surface area contributed by atoms with Gasteiger partial charge in [0.15, 0.2) is 12.1 Å². The maximum Gasteiger partial charge on any atom is 0.172 e. The molecule has 0 spiro atoms. The lowest BCUT2D eigenvalue weighted by Gasteiger charge is -2.17. The van der Waals surface area contributed by atoms with Gasteiger partial charge in [0.2, 0.25) is 0 Å². The summed E-state index contributed by atoms with van der Waals surface area (Å²) in [7, 11) is 3.58. The van der Waals surface area contributed by atoms with E-state index in [4.69, 9.17) is 0 Å². The molecule has 1 heterocycles. The zero-order valence-electron chi connectivity index (χ0n) is 12.5. The molecule has 1 N–H and O–H groups in total. The molecule has 0 aromatic heterocycles.